The summed E-state index contributed by atoms with van der Waals surface area (Å²) in [5.74, 6) is 1.33. The molecule has 0 saturated heterocycles. The van der Waals surface area contributed by atoms with E-state index in [0.717, 1.165) is 12.5 Å². The van der Waals surface area contributed by atoms with E-state index in [4.69, 9.17) is 0 Å². The van der Waals surface area contributed by atoms with E-state index in [1.54, 1.807) is 18.3 Å². The van der Waals surface area contributed by atoms with Crippen LogP contribution in [0.3, 0.4) is 0 Å². The number of carbonyl (C=O) groups excluding carboxylic acids is 1. The summed E-state index contributed by atoms with van der Waals surface area (Å²) in [6, 6.07) is 3.56. The molecule has 0 spiro atoms. The maximum Gasteiger partial charge on any atom is 0.254 e. The fourth-order valence-corrected chi connectivity index (χ4v) is 2.83. The smallest absolute Gasteiger partial charge is 0.254 e. The molecular formula is C13H17BrN2O. The second-order valence-electron chi connectivity index (χ2n) is 4.72. The predicted molar refractivity (Wildman–Crippen MR) is 70.8 cm³/mol. The van der Waals surface area contributed by atoms with E-state index < -0.39 is 0 Å². The lowest BCUT2D eigenvalue weighted by Gasteiger charge is -2.16. The Bertz CT molecular complexity index is 408. The first-order valence-corrected chi connectivity index (χ1v) is 6.86. The lowest BCUT2D eigenvalue weighted by atomic mass is 9.98. The minimum atomic E-state index is -0.0379. The monoisotopic (exact) mass is 296 g/mol. The third-order valence-corrected chi connectivity index (χ3v) is 4.20. The number of amides is 1. The fourth-order valence-electron chi connectivity index (χ4n) is 2.40. The predicted octanol–water partition coefficient (Wildman–Crippen LogP) is 3.01. The number of aromatic nitrogens is 1. The van der Waals surface area contributed by atoms with Crippen LogP contribution in [-0.4, -0.2) is 17.4 Å². The number of hydrogen-bond donors (Lipinski definition) is 1. The molecule has 1 aliphatic rings. The van der Waals surface area contributed by atoms with Gasteiger partial charge < -0.3 is 5.32 Å². The molecule has 2 rings (SSSR count). The number of carbonyl (C=O) groups is 1. The van der Waals surface area contributed by atoms with Gasteiger partial charge in [-0.2, -0.15) is 0 Å². The molecule has 1 amide bonds. The van der Waals surface area contributed by atoms with Crippen molar-refractivity contribution >= 4 is 21.8 Å². The van der Waals surface area contributed by atoms with Crippen molar-refractivity contribution in [3.63, 3.8) is 0 Å². The Hall–Kier alpha value is -0.900. The van der Waals surface area contributed by atoms with Crippen molar-refractivity contribution < 1.29 is 4.79 Å². The van der Waals surface area contributed by atoms with E-state index in [9.17, 15) is 4.79 Å². The van der Waals surface area contributed by atoms with Gasteiger partial charge in [0.2, 0.25) is 0 Å². The number of nitrogens with zero attached hydrogens (tertiary/aromatic N) is 1. The maximum absolute atomic E-state index is 11.9. The molecule has 2 atom stereocenters. The lowest BCUT2D eigenvalue weighted by molar-refractivity contribution is 0.0943. The van der Waals surface area contributed by atoms with Gasteiger partial charge in [-0.15, -0.1) is 0 Å². The first kappa shape index (κ1) is 12.6. The molecule has 0 aliphatic heterocycles. The SMILES string of the molecule is CC1CCCC1CNC(=O)c1cccnc1Br. The summed E-state index contributed by atoms with van der Waals surface area (Å²) in [7, 11) is 0. The second kappa shape index (κ2) is 5.63. The van der Waals surface area contributed by atoms with Crippen molar-refractivity contribution in [3.05, 3.63) is 28.5 Å². The normalized spacial score (nSPS) is 23.6. The molecule has 1 heterocycles. The highest BCUT2D eigenvalue weighted by Crippen LogP contribution is 2.30. The van der Waals surface area contributed by atoms with Crippen molar-refractivity contribution in [3.8, 4) is 0 Å². The van der Waals surface area contributed by atoms with Crippen LogP contribution in [0.2, 0.25) is 0 Å². The summed E-state index contributed by atoms with van der Waals surface area (Å²) >= 11 is 3.29. The quantitative estimate of drug-likeness (QED) is 0.871. The number of halogens is 1. The summed E-state index contributed by atoms with van der Waals surface area (Å²) in [5.41, 5.74) is 0.609. The van der Waals surface area contributed by atoms with Gasteiger partial charge >= 0.3 is 0 Å². The first-order chi connectivity index (χ1) is 8.18. The Kier molecular flexibility index (Phi) is 4.15. The van der Waals surface area contributed by atoms with Crippen LogP contribution in [0.25, 0.3) is 0 Å². The highest BCUT2D eigenvalue weighted by atomic mass is 79.9. The van der Waals surface area contributed by atoms with E-state index in [-0.39, 0.29) is 5.91 Å². The molecule has 0 bridgehead atoms. The molecule has 1 fully saturated rings. The van der Waals surface area contributed by atoms with Gasteiger partial charge in [-0.1, -0.05) is 19.8 Å². The number of nitrogens with one attached hydrogen (secondary N) is 1. The van der Waals surface area contributed by atoms with Crippen LogP contribution in [0.15, 0.2) is 22.9 Å². The number of rotatable bonds is 3. The largest absolute Gasteiger partial charge is 0.352 e. The van der Waals surface area contributed by atoms with Crippen LogP contribution >= 0.6 is 15.9 Å². The van der Waals surface area contributed by atoms with Crippen molar-refractivity contribution in [2.24, 2.45) is 11.8 Å². The van der Waals surface area contributed by atoms with Crippen LogP contribution in [0.1, 0.15) is 36.5 Å². The topological polar surface area (TPSA) is 42.0 Å². The van der Waals surface area contributed by atoms with Gasteiger partial charge in [0.05, 0.1) is 5.56 Å². The molecule has 0 radical (unpaired) electrons. The Morgan fingerprint density at radius 1 is 1.59 bits per heavy atom. The van der Waals surface area contributed by atoms with Crippen LogP contribution in [-0.2, 0) is 0 Å². The van der Waals surface area contributed by atoms with Crippen molar-refractivity contribution in [2.45, 2.75) is 26.2 Å². The standard InChI is InChI=1S/C13H17BrN2O/c1-9-4-2-5-10(9)8-16-13(17)11-6-3-7-15-12(11)14/h3,6-7,9-10H,2,4-5,8H2,1H3,(H,16,17). The summed E-state index contributed by atoms with van der Waals surface area (Å²) in [5, 5.41) is 3.00. The molecule has 2 unspecified atom stereocenters. The minimum Gasteiger partial charge on any atom is -0.352 e. The Morgan fingerprint density at radius 2 is 2.41 bits per heavy atom. The molecule has 92 valence electrons. The van der Waals surface area contributed by atoms with Gasteiger partial charge in [-0.25, -0.2) is 4.98 Å². The average molecular weight is 297 g/mol. The third-order valence-electron chi connectivity index (χ3n) is 3.57. The van der Waals surface area contributed by atoms with E-state index in [0.29, 0.717) is 16.1 Å². The Labute approximate surface area is 110 Å². The molecule has 1 aliphatic carbocycles. The molecule has 4 heteroatoms. The third kappa shape index (κ3) is 3.06. The molecule has 1 N–H and O–H groups in total. The summed E-state index contributed by atoms with van der Waals surface area (Å²) < 4.78 is 0.608. The fraction of sp³-hybridized carbons (Fsp3) is 0.538. The zero-order valence-corrected chi connectivity index (χ0v) is 11.5. The Balaban J connectivity index is 1.91. The number of pyridine rings is 1. The van der Waals surface area contributed by atoms with Crippen LogP contribution in [0.4, 0.5) is 0 Å². The maximum atomic E-state index is 11.9. The highest BCUT2D eigenvalue weighted by Gasteiger charge is 2.23. The minimum absolute atomic E-state index is 0.0379. The molecule has 1 aromatic rings. The lowest BCUT2D eigenvalue weighted by Crippen LogP contribution is -2.30. The summed E-state index contributed by atoms with van der Waals surface area (Å²) in [6.07, 6.45) is 5.48. The van der Waals surface area contributed by atoms with Gasteiger partial charge in [0.1, 0.15) is 4.60 Å². The van der Waals surface area contributed by atoms with Crippen LogP contribution in [0, 0.1) is 11.8 Å². The molecular weight excluding hydrogens is 280 g/mol. The van der Waals surface area contributed by atoms with E-state index >= 15 is 0 Å². The Morgan fingerprint density at radius 3 is 3.06 bits per heavy atom. The van der Waals surface area contributed by atoms with Crippen molar-refractivity contribution in [1.82, 2.24) is 10.3 Å². The molecule has 17 heavy (non-hydrogen) atoms. The van der Waals surface area contributed by atoms with E-state index in [1.807, 2.05) is 0 Å². The van der Waals surface area contributed by atoms with Crippen LogP contribution in [0.5, 0.6) is 0 Å². The molecule has 3 nitrogen and oxygen atoms in total. The zero-order valence-electron chi connectivity index (χ0n) is 9.95. The number of hydrogen-bond acceptors (Lipinski definition) is 2. The molecule has 1 saturated carbocycles. The van der Waals surface area contributed by atoms with Gasteiger partial charge in [0.15, 0.2) is 0 Å². The van der Waals surface area contributed by atoms with Gasteiger partial charge in [-0.05, 0) is 46.3 Å². The second-order valence-corrected chi connectivity index (χ2v) is 5.47. The van der Waals surface area contributed by atoms with Gasteiger partial charge in [-0.3, -0.25) is 4.79 Å². The van der Waals surface area contributed by atoms with Crippen molar-refractivity contribution in [1.29, 1.82) is 0 Å². The van der Waals surface area contributed by atoms with E-state index in [1.165, 1.54) is 19.3 Å². The molecule has 0 aromatic carbocycles. The van der Waals surface area contributed by atoms with Crippen LogP contribution < -0.4 is 5.32 Å². The van der Waals surface area contributed by atoms with Gasteiger partial charge in [0, 0.05) is 12.7 Å². The summed E-state index contributed by atoms with van der Waals surface area (Å²) in [4.78, 5) is 16.0. The summed E-state index contributed by atoms with van der Waals surface area (Å²) in [6.45, 7) is 3.05. The van der Waals surface area contributed by atoms with Gasteiger partial charge in [0.25, 0.3) is 5.91 Å². The first-order valence-electron chi connectivity index (χ1n) is 6.07. The molecule has 1 aromatic heterocycles. The van der Waals surface area contributed by atoms with E-state index in [2.05, 4.69) is 33.2 Å². The van der Waals surface area contributed by atoms with Crippen molar-refractivity contribution in [2.75, 3.05) is 6.54 Å². The highest BCUT2D eigenvalue weighted by molar-refractivity contribution is 9.10. The zero-order chi connectivity index (χ0) is 12.3. The average Bonchev–Trinajstić information content (AvgIpc) is 2.72.